The number of nitrogens with two attached hydrogens (primary N) is 1. The maximum Gasteiger partial charge on any atom is 0.145 e. The first-order valence-corrected chi connectivity index (χ1v) is 4.45. The van der Waals surface area contributed by atoms with Crippen LogP contribution in [-0.4, -0.2) is 25.2 Å². The van der Waals surface area contributed by atoms with Gasteiger partial charge in [-0.05, 0) is 12.1 Å². The van der Waals surface area contributed by atoms with E-state index in [1.165, 1.54) is 0 Å². The summed E-state index contributed by atoms with van der Waals surface area (Å²) in [6.45, 7) is 1.23. The Balaban J connectivity index is 2.17. The smallest absolute Gasteiger partial charge is 0.145 e. The molecule has 2 rings (SSSR count). The summed E-state index contributed by atoms with van der Waals surface area (Å²) in [5.74, 6) is 0.689. The number of para-hydroxylation sites is 1. The second-order valence-electron chi connectivity index (χ2n) is 3.19. The molecule has 1 aromatic carbocycles. The van der Waals surface area contributed by atoms with Gasteiger partial charge in [0.1, 0.15) is 17.7 Å². The molecule has 4 nitrogen and oxygen atoms in total. The van der Waals surface area contributed by atoms with Crippen molar-refractivity contribution in [2.75, 3.05) is 13.2 Å². The highest BCUT2D eigenvalue weighted by Gasteiger charge is 2.21. The molecule has 0 amide bonds. The second-order valence-corrected chi connectivity index (χ2v) is 3.19. The molecule has 0 aliphatic carbocycles. The van der Waals surface area contributed by atoms with E-state index in [2.05, 4.69) is 0 Å². The van der Waals surface area contributed by atoms with Gasteiger partial charge in [-0.25, -0.2) is 0 Å². The van der Waals surface area contributed by atoms with Crippen molar-refractivity contribution < 1.29 is 9.47 Å². The summed E-state index contributed by atoms with van der Waals surface area (Å²) in [6, 6.07) is 7.29. The van der Waals surface area contributed by atoms with E-state index in [1.807, 2.05) is 18.2 Å². The minimum atomic E-state index is 0.0286. The lowest BCUT2D eigenvalue weighted by molar-refractivity contribution is -0.0797. The lowest BCUT2D eigenvalue weighted by atomic mass is 10.2. The fraction of sp³-hybridized carbons (Fsp3) is 0.300. The normalized spacial score (nSPS) is 16.0. The largest absolute Gasteiger partial charge is 0.485 e. The number of hydrogen-bond donors (Lipinski definition) is 2. The Labute approximate surface area is 82.1 Å². The third kappa shape index (κ3) is 1.70. The highest BCUT2D eigenvalue weighted by atomic mass is 16.6. The molecule has 4 heteroatoms. The number of hydrogen-bond acceptors (Lipinski definition) is 3. The van der Waals surface area contributed by atoms with Gasteiger partial charge in [0.05, 0.1) is 18.8 Å². The quantitative estimate of drug-likeness (QED) is 0.548. The molecule has 1 aromatic rings. The number of amidine groups is 1. The summed E-state index contributed by atoms with van der Waals surface area (Å²) >= 11 is 0. The number of ether oxygens (including phenoxy) is 2. The van der Waals surface area contributed by atoms with Gasteiger partial charge in [-0.2, -0.15) is 0 Å². The number of nitrogen functional groups attached to an aromatic ring is 1. The first-order valence-electron chi connectivity index (χ1n) is 4.45. The summed E-state index contributed by atoms with van der Waals surface area (Å²) in [7, 11) is 0. The van der Waals surface area contributed by atoms with Gasteiger partial charge in [0.2, 0.25) is 0 Å². The Morgan fingerprint density at radius 2 is 2.14 bits per heavy atom. The topological polar surface area (TPSA) is 68.3 Å². The Bertz CT molecular complexity index is 348. The Hall–Kier alpha value is -1.55. The summed E-state index contributed by atoms with van der Waals surface area (Å²) in [5, 5.41) is 7.36. The lowest BCUT2D eigenvalue weighted by Crippen LogP contribution is -2.39. The zero-order valence-corrected chi connectivity index (χ0v) is 7.69. The molecular formula is C10H12N2O2. The van der Waals surface area contributed by atoms with Crippen LogP contribution in [0.25, 0.3) is 0 Å². The van der Waals surface area contributed by atoms with Gasteiger partial charge in [-0.3, -0.25) is 5.41 Å². The van der Waals surface area contributed by atoms with Gasteiger partial charge in [0.25, 0.3) is 0 Å². The highest BCUT2D eigenvalue weighted by Crippen LogP contribution is 2.20. The van der Waals surface area contributed by atoms with Gasteiger partial charge in [-0.15, -0.1) is 0 Å². The van der Waals surface area contributed by atoms with Crippen LogP contribution in [0.5, 0.6) is 5.75 Å². The van der Waals surface area contributed by atoms with Gasteiger partial charge in [-0.1, -0.05) is 12.1 Å². The molecule has 0 aromatic heterocycles. The van der Waals surface area contributed by atoms with Crippen LogP contribution >= 0.6 is 0 Å². The van der Waals surface area contributed by atoms with E-state index < -0.39 is 0 Å². The molecule has 1 fully saturated rings. The molecule has 1 heterocycles. The van der Waals surface area contributed by atoms with E-state index >= 15 is 0 Å². The molecule has 0 atom stereocenters. The maximum absolute atomic E-state index is 7.36. The number of nitrogens with one attached hydrogen (secondary N) is 1. The van der Waals surface area contributed by atoms with Crippen molar-refractivity contribution in [3.8, 4) is 5.75 Å². The van der Waals surface area contributed by atoms with E-state index in [9.17, 15) is 0 Å². The molecule has 74 valence electrons. The van der Waals surface area contributed by atoms with Gasteiger partial charge in [0, 0.05) is 0 Å². The van der Waals surface area contributed by atoms with Crippen molar-refractivity contribution in [1.82, 2.24) is 0 Å². The molecule has 1 saturated heterocycles. The van der Waals surface area contributed by atoms with Crippen molar-refractivity contribution in [2.24, 2.45) is 5.73 Å². The van der Waals surface area contributed by atoms with Crippen LogP contribution in [0, 0.1) is 5.41 Å². The van der Waals surface area contributed by atoms with E-state index in [1.54, 1.807) is 6.07 Å². The van der Waals surface area contributed by atoms with E-state index in [0.717, 1.165) is 0 Å². The second kappa shape index (κ2) is 3.67. The lowest BCUT2D eigenvalue weighted by Gasteiger charge is -2.27. The summed E-state index contributed by atoms with van der Waals surface area (Å²) in [6.07, 6.45) is 0.107. The van der Waals surface area contributed by atoms with Gasteiger partial charge < -0.3 is 15.2 Å². The SMILES string of the molecule is N=C(N)c1ccccc1OC1COC1. The van der Waals surface area contributed by atoms with Crippen molar-refractivity contribution in [3.63, 3.8) is 0 Å². The summed E-state index contributed by atoms with van der Waals surface area (Å²) in [5.41, 5.74) is 6.06. The first-order chi connectivity index (χ1) is 6.77. The molecule has 0 saturated carbocycles. The molecule has 0 radical (unpaired) electrons. The summed E-state index contributed by atoms with van der Waals surface area (Å²) < 4.78 is 10.6. The average molecular weight is 192 g/mol. The molecular weight excluding hydrogens is 180 g/mol. The predicted molar refractivity (Wildman–Crippen MR) is 52.7 cm³/mol. The van der Waals surface area contributed by atoms with E-state index in [4.69, 9.17) is 20.6 Å². The van der Waals surface area contributed by atoms with Crippen LogP contribution in [0.2, 0.25) is 0 Å². The third-order valence-corrected chi connectivity index (χ3v) is 2.08. The van der Waals surface area contributed by atoms with Crippen LogP contribution in [-0.2, 0) is 4.74 Å². The maximum atomic E-state index is 7.36. The number of rotatable bonds is 3. The Morgan fingerprint density at radius 3 is 2.71 bits per heavy atom. The standard InChI is InChI=1S/C10H12N2O2/c11-10(12)8-3-1-2-4-9(8)14-7-5-13-6-7/h1-4,7H,5-6H2,(H3,11,12). The minimum Gasteiger partial charge on any atom is -0.485 e. The van der Waals surface area contributed by atoms with Crippen molar-refractivity contribution in [1.29, 1.82) is 5.41 Å². The Morgan fingerprint density at radius 1 is 1.43 bits per heavy atom. The van der Waals surface area contributed by atoms with Crippen LogP contribution in [0.15, 0.2) is 24.3 Å². The monoisotopic (exact) mass is 192 g/mol. The minimum absolute atomic E-state index is 0.0286. The molecule has 3 N–H and O–H groups in total. The predicted octanol–water partition coefficient (Wildman–Crippen LogP) is 0.748. The molecule has 14 heavy (non-hydrogen) atoms. The molecule has 0 spiro atoms. The molecule has 0 bridgehead atoms. The highest BCUT2D eigenvalue weighted by molar-refractivity contribution is 5.97. The molecule has 0 unspecified atom stereocenters. The van der Waals surface area contributed by atoms with Gasteiger partial charge >= 0.3 is 0 Å². The zero-order chi connectivity index (χ0) is 9.97. The van der Waals surface area contributed by atoms with Crippen molar-refractivity contribution in [3.05, 3.63) is 29.8 Å². The van der Waals surface area contributed by atoms with Crippen molar-refractivity contribution >= 4 is 5.84 Å². The van der Waals surface area contributed by atoms with Crippen LogP contribution < -0.4 is 10.5 Å². The summed E-state index contributed by atoms with van der Waals surface area (Å²) in [4.78, 5) is 0. The number of benzene rings is 1. The first kappa shape index (κ1) is 9.02. The van der Waals surface area contributed by atoms with Gasteiger partial charge in [0.15, 0.2) is 0 Å². The zero-order valence-electron chi connectivity index (χ0n) is 7.69. The van der Waals surface area contributed by atoms with E-state index in [0.29, 0.717) is 24.5 Å². The van der Waals surface area contributed by atoms with Crippen LogP contribution in [0.1, 0.15) is 5.56 Å². The average Bonchev–Trinajstić information content (AvgIpc) is 2.12. The van der Waals surface area contributed by atoms with Crippen LogP contribution in [0.3, 0.4) is 0 Å². The molecule has 1 aliphatic rings. The Kier molecular flexibility index (Phi) is 2.37. The third-order valence-electron chi connectivity index (χ3n) is 2.08. The van der Waals surface area contributed by atoms with Crippen molar-refractivity contribution in [2.45, 2.75) is 6.10 Å². The van der Waals surface area contributed by atoms with Crippen LogP contribution in [0.4, 0.5) is 0 Å². The molecule has 1 aliphatic heterocycles. The fourth-order valence-electron chi connectivity index (χ4n) is 1.25. The fourth-order valence-corrected chi connectivity index (χ4v) is 1.25. The van der Waals surface area contributed by atoms with E-state index in [-0.39, 0.29) is 11.9 Å².